The van der Waals surface area contributed by atoms with Crippen molar-refractivity contribution in [2.45, 2.75) is 43.8 Å². The number of nitrogens with zero attached hydrogens (tertiary/aromatic N) is 1. The summed E-state index contributed by atoms with van der Waals surface area (Å²) in [7, 11) is 0. The fourth-order valence-corrected chi connectivity index (χ4v) is 2.21. The molecule has 0 fully saturated rings. The van der Waals surface area contributed by atoms with Gasteiger partial charge < -0.3 is 49.1 Å². The third kappa shape index (κ3) is 12.7. The van der Waals surface area contributed by atoms with Crippen LogP contribution < -0.4 is 38.9 Å². The monoisotopic (exact) mass is 446 g/mol. The SMILES string of the molecule is NC(=O)CCC(NC(=O)C(N)CCCN=C(N)N)C(=O)NCC(=O)NC(CO)C(=O)O. The van der Waals surface area contributed by atoms with Gasteiger partial charge in [0.1, 0.15) is 12.1 Å². The average molecular weight is 446 g/mol. The number of nitrogens with one attached hydrogen (secondary N) is 3. The van der Waals surface area contributed by atoms with Crippen molar-refractivity contribution in [3.63, 3.8) is 0 Å². The van der Waals surface area contributed by atoms with Gasteiger partial charge in [0.25, 0.3) is 0 Å². The largest absolute Gasteiger partial charge is 0.480 e. The molecule has 15 heteroatoms. The van der Waals surface area contributed by atoms with Crippen molar-refractivity contribution >= 4 is 35.6 Å². The summed E-state index contributed by atoms with van der Waals surface area (Å²) in [5.41, 5.74) is 21.2. The number of aliphatic carboxylic acids is 1. The van der Waals surface area contributed by atoms with Gasteiger partial charge in [0, 0.05) is 13.0 Å². The number of aliphatic imine (C=N–C) groups is 1. The van der Waals surface area contributed by atoms with Crippen LogP contribution in [0.25, 0.3) is 0 Å². The van der Waals surface area contributed by atoms with Crippen LogP contribution >= 0.6 is 0 Å². The number of hydrogen-bond donors (Lipinski definition) is 9. The molecule has 0 aliphatic rings. The molecule has 0 rings (SSSR count). The van der Waals surface area contributed by atoms with E-state index in [4.69, 9.17) is 33.1 Å². The average Bonchev–Trinajstić information content (AvgIpc) is 2.69. The summed E-state index contributed by atoms with van der Waals surface area (Å²) in [5, 5.41) is 24.2. The first-order valence-electron chi connectivity index (χ1n) is 9.28. The predicted octanol–water partition coefficient (Wildman–Crippen LogP) is -5.20. The lowest BCUT2D eigenvalue weighted by molar-refractivity contribution is -0.142. The second-order valence-corrected chi connectivity index (χ2v) is 6.48. The Morgan fingerprint density at radius 1 is 0.935 bits per heavy atom. The van der Waals surface area contributed by atoms with Crippen LogP contribution in [0.2, 0.25) is 0 Å². The van der Waals surface area contributed by atoms with Crippen LogP contribution in [0.5, 0.6) is 0 Å². The molecule has 0 aliphatic heterocycles. The van der Waals surface area contributed by atoms with Crippen molar-refractivity contribution < 1.29 is 34.2 Å². The molecule has 0 saturated heterocycles. The van der Waals surface area contributed by atoms with Crippen molar-refractivity contribution in [2.24, 2.45) is 27.9 Å². The maximum absolute atomic E-state index is 12.3. The smallest absolute Gasteiger partial charge is 0.328 e. The summed E-state index contributed by atoms with van der Waals surface area (Å²) < 4.78 is 0. The molecule has 3 unspecified atom stereocenters. The number of carbonyl (C=O) groups is 5. The summed E-state index contributed by atoms with van der Waals surface area (Å²) in [5.74, 6) is -4.63. The van der Waals surface area contributed by atoms with E-state index in [0.29, 0.717) is 6.42 Å². The minimum atomic E-state index is -1.54. The Bertz CT molecular complexity index is 681. The van der Waals surface area contributed by atoms with Crippen LogP contribution in [-0.4, -0.2) is 83.6 Å². The van der Waals surface area contributed by atoms with E-state index < -0.39 is 60.9 Å². The van der Waals surface area contributed by atoms with Crippen molar-refractivity contribution in [2.75, 3.05) is 19.7 Å². The van der Waals surface area contributed by atoms with Crippen molar-refractivity contribution in [3.8, 4) is 0 Å². The first kappa shape index (κ1) is 27.5. The van der Waals surface area contributed by atoms with Crippen molar-refractivity contribution in [1.82, 2.24) is 16.0 Å². The summed E-state index contributed by atoms with van der Waals surface area (Å²) in [6.07, 6.45) is 0.243. The van der Waals surface area contributed by atoms with Gasteiger partial charge in [0.05, 0.1) is 19.2 Å². The Balaban J connectivity index is 4.81. The second-order valence-electron chi connectivity index (χ2n) is 6.48. The number of hydrogen-bond acceptors (Lipinski definition) is 8. The van der Waals surface area contributed by atoms with Crippen LogP contribution in [0, 0.1) is 0 Å². The van der Waals surface area contributed by atoms with Gasteiger partial charge in [-0.2, -0.15) is 0 Å². The van der Waals surface area contributed by atoms with E-state index in [1.807, 2.05) is 5.32 Å². The molecule has 0 aromatic carbocycles. The summed E-state index contributed by atoms with van der Waals surface area (Å²) in [6.45, 7) is -1.21. The zero-order valence-electron chi connectivity index (χ0n) is 16.9. The van der Waals surface area contributed by atoms with Gasteiger partial charge in [-0.15, -0.1) is 0 Å². The lowest BCUT2D eigenvalue weighted by Gasteiger charge is -2.20. The predicted molar refractivity (Wildman–Crippen MR) is 108 cm³/mol. The van der Waals surface area contributed by atoms with E-state index in [1.165, 1.54) is 0 Å². The van der Waals surface area contributed by atoms with Crippen LogP contribution in [0.4, 0.5) is 0 Å². The normalized spacial score (nSPS) is 13.2. The Hall–Kier alpha value is -3.46. The molecule has 4 amide bonds. The van der Waals surface area contributed by atoms with E-state index in [9.17, 15) is 24.0 Å². The third-order valence-corrected chi connectivity index (χ3v) is 3.86. The van der Waals surface area contributed by atoms with E-state index >= 15 is 0 Å². The van der Waals surface area contributed by atoms with Crippen molar-refractivity contribution in [3.05, 3.63) is 0 Å². The Morgan fingerprint density at radius 2 is 1.58 bits per heavy atom. The van der Waals surface area contributed by atoms with Crippen LogP contribution in [0.1, 0.15) is 25.7 Å². The van der Waals surface area contributed by atoms with Gasteiger partial charge in [0.2, 0.25) is 23.6 Å². The number of primary amides is 1. The molecule has 0 spiro atoms. The number of aliphatic hydroxyl groups is 1. The number of carboxylic acid groups (broad SMARTS) is 1. The fraction of sp³-hybridized carbons (Fsp3) is 0.625. The molecule has 0 radical (unpaired) electrons. The summed E-state index contributed by atoms with van der Waals surface area (Å²) >= 11 is 0. The number of nitrogens with two attached hydrogens (primary N) is 4. The summed E-state index contributed by atoms with van der Waals surface area (Å²) in [4.78, 5) is 61.9. The van der Waals surface area contributed by atoms with Gasteiger partial charge in [-0.05, 0) is 19.3 Å². The number of guanidine groups is 1. The van der Waals surface area contributed by atoms with Crippen LogP contribution in [0.3, 0.4) is 0 Å². The molecular formula is C16H30N8O7. The van der Waals surface area contributed by atoms with Gasteiger partial charge in [-0.25, -0.2) is 4.79 Å². The van der Waals surface area contributed by atoms with Crippen LogP contribution in [0.15, 0.2) is 4.99 Å². The first-order chi connectivity index (χ1) is 14.5. The second kappa shape index (κ2) is 14.5. The molecule has 176 valence electrons. The fourth-order valence-electron chi connectivity index (χ4n) is 2.21. The number of carbonyl (C=O) groups excluding carboxylic acids is 4. The Kier molecular flexibility index (Phi) is 12.9. The van der Waals surface area contributed by atoms with E-state index in [1.54, 1.807) is 0 Å². The van der Waals surface area contributed by atoms with Gasteiger partial charge in [0.15, 0.2) is 5.96 Å². The molecule has 0 saturated carbocycles. The molecule has 15 nitrogen and oxygen atoms in total. The highest BCUT2D eigenvalue weighted by molar-refractivity contribution is 5.92. The number of aliphatic hydroxyl groups excluding tert-OH is 1. The molecule has 0 aliphatic carbocycles. The zero-order chi connectivity index (χ0) is 24.0. The lowest BCUT2D eigenvalue weighted by atomic mass is 10.1. The molecule has 0 heterocycles. The van der Waals surface area contributed by atoms with E-state index in [2.05, 4.69) is 15.6 Å². The topological polar surface area (TPSA) is 278 Å². The molecule has 0 aromatic rings. The minimum absolute atomic E-state index is 0.0982. The quantitative estimate of drug-likeness (QED) is 0.0654. The molecular weight excluding hydrogens is 416 g/mol. The number of amides is 4. The Labute approximate surface area is 178 Å². The maximum Gasteiger partial charge on any atom is 0.328 e. The molecule has 0 bridgehead atoms. The highest BCUT2D eigenvalue weighted by Crippen LogP contribution is 2.01. The molecule has 31 heavy (non-hydrogen) atoms. The highest BCUT2D eigenvalue weighted by atomic mass is 16.4. The number of carboxylic acids is 1. The third-order valence-electron chi connectivity index (χ3n) is 3.86. The highest BCUT2D eigenvalue weighted by Gasteiger charge is 2.25. The Morgan fingerprint density at radius 3 is 2.10 bits per heavy atom. The molecule has 13 N–H and O–H groups in total. The van der Waals surface area contributed by atoms with Crippen molar-refractivity contribution in [1.29, 1.82) is 0 Å². The maximum atomic E-state index is 12.3. The van der Waals surface area contributed by atoms with Gasteiger partial charge in [-0.3, -0.25) is 24.2 Å². The molecule has 0 aromatic heterocycles. The lowest BCUT2D eigenvalue weighted by Crippen LogP contribution is -2.54. The van der Waals surface area contributed by atoms with Gasteiger partial charge >= 0.3 is 5.97 Å². The standard InChI is InChI=1S/C16H30N8O7/c17-8(2-1-5-21-16(19)20)13(28)24-9(3-4-11(18)26)14(29)22-6-12(27)23-10(7-25)15(30)31/h8-10,25H,1-7,17H2,(H2,18,26)(H,22,29)(H,23,27)(H,24,28)(H,30,31)(H4,19,20,21). The van der Waals surface area contributed by atoms with Crippen LogP contribution in [-0.2, 0) is 24.0 Å². The number of rotatable bonds is 15. The zero-order valence-corrected chi connectivity index (χ0v) is 16.9. The minimum Gasteiger partial charge on any atom is -0.480 e. The van der Waals surface area contributed by atoms with E-state index in [-0.39, 0.29) is 31.8 Å². The first-order valence-corrected chi connectivity index (χ1v) is 9.28. The summed E-state index contributed by atoms with van der Waals surface area (Å²) in [6, 6.07) is -3.74. The van der Waals surface area contributed by atoms with Gasteiger partial charge in [-0.1, -0.05) is 0 Å². The molecule has 3 atom stereocenters. The van der Waals surface area contributed by atoms with E-state index in [0.717, 1.165) is 0 Å².